The summed E-state index contributed by atoms with van der Waals surface area (Å²) < 4.78 is 32.6. The summed E-state index contributed by atoms with van der Waals surface area (Å²) in [7, 11) is 2.59. The number of sulfone groups is 1. The smallest absolute Gasteiger partial charge is 0.227 e. The topological polar surface area (TPSA) is 67.7 Å². The summed E-state index contributed by atoms with van der Waals surface area (Å²) in [5.74, 6) is 0.541. The van der Waals surface area contributed by atoms with Gasteiger partial charge in [-0.05, 0) is 58.8 Å². The van der Waals surface area contributed by atoms with Crippen LogP contribution in [0.3, 0.4) is 0 Å². The van der Waals surface area contributed by atoms with Gasteiger partial charge in [0.05, 0.1) is 24.3 Å². The molecule has 1 aromatic heterocycles. The molecule has 1 aliphatic heterocycles. The van der Waals surface area contributed by atoms with Crippen LogP contribution in [-0.2, 0) is 27.7 Å². The van der Waals surface area contributed by atoms with Gasteiger partial charge in [0.15, 0.2) is 0 Å². The molecular formula is C18H32N4O3S. The largest absolute Gasteiger partial charge is 0.383 e. The number of imidazole rings is 1. The number of methoxy groups -OCH3 is 1. The van der Waals surface area contributed by atoms with Crippen LogP contribution in [0.4, 0.5) is 0 Å². The van der Waals surface area contributed by atoms with E-state index in [1.165, 1.54) is 0 Å². The standard InChI is InChI=1S/C18H32N4O3S/c1-20-8-6-16(7-9-20)21(2)13-17-12-19-18(22(17)10-11-25-3)26(23,24)14-15-4-5-15/h12,15-16H,4-11,13-14H2,1-3H3. The summed E-state index contributed by atoms with van der Waals surface area (Å²) in [5.41, 5.74) is 0.956. The Bertz CT molecular complexity index is 691. The number of ether oxygens (including phenoxy) is 1. The molecule has 0 radical (unpaired) electrons. The summed E-state index contributed by atoms with van der Waals surface area (Å²) in [5, 5.41) is 0.216. The number of rotatable bonds is 9. The molecule has 2 fully saturated rings. The molecule has 0 unspecified atom stereocenters. The van der Waals surface area contributed by atoms with Crippen LogP contribution in [0, 0.1) is 5.92 Å². The first kappa shape index (κ1) is 19.8. The quantitative estimate of drug-likeness (QED) is 0.638. The van der Waals surface area contributed by atoms with Gasteiger partial charge in [-0.2, -0.15) is 0 Å². The van der Waals surface area contributed by atoms with Gasteiger partial charge in [0.25, 0.3) is 0 Å². The van der Waals surface area contributed by atoms with E-state index in [9.17, 15) is 8.42 Å². The third-order valence-corrected chi connectivity index (χ3v) is 7.37. The van der Waals surface area contributed by atoms with E-state index < -0.39 is 9.84 Å². The molecule has 8 heteroatoms. The first-order valence-electron chi connectivity index (χ1n) is 9.55. The second-order valence-corrected chi connectivity index (χ2v) is 9.78. The Morgan fingerprint density at radius 1 is 1.27 bits per heavy atom. The molecule has 0 N–H and O–H groups in total. The molecule has 0 amide bonds. The molecule has 1 saturated carbocycles. The van der Waals surface area contributed by atoms with E-state index >= 15 is 0 Å². The van der Waals surface area contributed by atoms with Crippen LogP contribution < -0.4 is 0 Å². The van der Waals surface area contributed by atoms with Gasteiger partial charge in [-0.25, -0.2) is 13.4 Å². The van der Waals surface area contributed by atoms with Crippen molar-refractivity contribution in [2.45, 2.75) is 50.0 Å². The molecule has 26 heavy (non-hydrogen) atoms. The first-order chi connectivity index (χ1) is 12.4. The van der Waals surface area contributed by atoms with E-state index in [4.69, 9.17) is 4.74 Å². The van der Waals surface area contributed by atoms with E-state index in [0.717, 1.165) is 44.5 Å². The normalized spacial score (nSPS) is 20.2. The fourth-order valence-electron chi connectivity index (χ4n) is 3.68. The lowest BCUT2D eigenvalue weighted by molar-refractivity contribution is 0.135. The van der Waals surface area contributed by atoms with E-state index in [2.05, 4.69) is 28.9 Å². The highest BCUT2D eigenvalue weighted by Crippen LogP contribution is 2.32. The molecule has 0 spiro atoms. The molecule has 2 aliphatic rings. The molecule has 0 atom stereocenters. The van der Waals surface area contributed by atoms with Crippen molar-refractivity contribution in [2.75, 3.05) is 46.7 Å². The minimum atomic E-state index is -3.33. The zero-order valence-electron chi connectivity index (χ0n) is 16.2. The minimum Gasteiger partial charge on any atom is -0.383 e. The third kappa shape index (κ3) is 4.85. The van der Waals surface area contributed by atoms with E-state index in [0.29, 0.717) is 31.7 Å². The fraction of sp³-hybridized carbons (Fsp3) is 0.833. The second-order valence-electron chi connectivity index (χ2n) is 7.85. The van der Waals surface area contributed by atoms with Crippen LogP contribution in [0.2, 0.25) is 0 Å². The molecule has 1 saturated heterocycles. The van der Waals surface area contributed by atoms with Crippen molar-refractivity contribution in [3.8, 4) is 0 Å². The summed E-state index contributed by atoms with van der Waals surface area (Å²) in [4.78, 5) is 9.01. The van der Waals surface area contributed by atoms with Gasteiger partial charge in [0, 0.05) is 26.2 Å². The van der Waals surface area contributed by atoms with Crippen molar-refractivity contribution in [3.63, 3.8) is 0 Å². The molecule has 148 valence electrons. The summed E-state index contributed by atoms with van der Waals surface area (Å²) >= 11 is 0. The molecule has 3 rings (SSSR count). The van der Waals surface area contributed by atoms with Crippen LogP contribution in [0.25, 0.3) is 0 Å². The van der Waals surface area contributed by atoms with E-state index in [1.54, 1.807) is 13.3 Å². The third-order valence-electron chi connectivity index (χ3n) is 5.57. The number of hydrogen-bond donors (Lipinski definition) is 0. The van der Waals surface area contributed by atoms with Crippen molar-refractivity contribution in [2.24, 2.45) is 5.92 Å². The van der Waals surface area contributed by atoms with Crippen molar-refractivity contribution in [1.29, 1.82) is 0 Å². The maximum Gasteiger partial charge on any atom is 0.227 e. The Kier molecular flexibility index (Phi) is 6.37. The van der Waals surface area contributed by atoms with Gasteiger partial charge in [-0.3, -0.25) is 4.90 Å². The van der Waals surface area contributed by atoms with Crippen molar-refractivity contribution in [1.82, 2.24) is 19.4 Å². The highest BCUT2D eigenvalue weighted by Gasteiger charge is 2.32. The molecular weight excluding hydrogens is 352 g/mol. The number of nitrogens with zero attached hydrogens (tertiary/aromatic N) is 4. The summed E-state index contributed by atoms with van der Waals surface area (Å²) in [6.07, 6.45) is 6.06. The number of aromatic nitrogens is 2. The van der Waals surface area contributed by atoms with Crippen LogP contribution in [-0.4, -0.2) is 80.5 Å². The predicted octanol–water partition coefficient (Wildman–Crippen LogP) is 1.24. The first-order valence-corrected chi connectivity index (χ1v) is 11.2. The van der Waals surface area contributed by atoms with Gasteiger partial charge < -0.3 is 14.2 Å². The SMILES string of the molecule is COCCn1c(CN(C)C2CCN(C)CC2)cnc1S(=O)(=O)CC1CC1. The van der Waals surface area contributed by atoms with Crippen LogP contribution >= 0.6 is 0 Å². The van der Waals surface area contributed by atoms with E-state index in [1.807, 2.05) is 4.57 Å². The van der Waals surface area contributed by atoms with Gasteiger partial charge in [-0.1, -0.05) is 0 Å². The Morgan fingerprint density at radius 2 is 1.96 bits per heavy atom. The fourth-order valence-corrected chi connectivity index (χ4v) is 5.54. The molecule has 0 bridgehead atoms. The summed E-state index contributed by atoms with van der Waals surface area (Å²) in [6, 6.07) is 0.531. The van der Waals surface area contributed by atoms with Crippen LogP contribution in [0.5, 0.6) is 0 Å². The lowest BCUT2D eigenvalue weighted by atomic mass is 10.0. The zero-order chi connectivity index (χ0) is 18.7. The molecule has 1 aliphatic carbocycles. The van der Waals surface area contributed by atoms with Crippen LogP contribution in [0.15, 0.2) is 11.4 Å². The van der Waals surface area contributed by atoms with Crippen LogP contribution in [0.1, 0.15) is 31.4 Å². The molecule has 7 nitrogen and oxygen atoms in total. The lowest BCUT2D eigenvalue weighted by Crippen LogP contribution is -2.41. The van der Waals surface area contributed by atoms with Gasteiger partial charge in [-0.15, -0.1) is 0 Å². The average Bonchev–Trinajstić information content (AvgIpc) is 3.30. The number of hydrogen-bond acceptors (Lipinski definition) is 6. The molecule has 1 aromatic rings. The summed E-state index contributed by atoms with van der Waals surface area (Å²) in [6.45, 7) is 3.93. The Labute approximate surface area is 157 Å². The monoisotopic (exact) mass is 384 g/mol. The predicted molar refractivity (Wildman–Crippen MR) is 101 cm³/mol. The number of piperidine rings is 1. The maximum absolute atomic E-state index is 12.8. The highest BCUT2D eigenvalue weighted by molar-refractivity contribution is 7.91. The number of likely N-dealkylation sites (tertiary alicyclic amines) is 1. The maximum atomic E-state index is 12.8. The average molecular weight is 385 g/mol. The van der Waals surface area contributed by atoms with Crippen molar-refractivity contribution < 1.29 is 13.2 Å². The Balaban J connectivity index is 1.75. The second kappa shape index (κ2) is 8.37. The van der Waals surface area contributed by atoms with Gasteiger partial charge in [0.2, 0.25) is 15.0 Å². The lowest BCUT2D eigenvalue weighted by Gasteiger charge is -2.35. The Morgan fingerprint density at radius 3 is 2.58 bits per heavy atom. The zero-order valence-corrected chi connectivity index (χ0v) is 17.0. The Hall–Kier alpha value is -0.960. The highest BCUT2D eigenvalue weighted by atomic mass is 32.2. The molecule has 2 heterocycles. The molecule has 0 aromatic carbocycles. The minimum absolute atomic E-state index is 0.216. The van der Waals surface area contributed by atoms with Gasteiger partial charge >= 0.3 is 0 Å². The van der Waals surface area contributed by atoms with Crippen molar-refractivity contribution >= 4 is 9.84 Å². The van der Waals surface area contributed by atoms with E-state index in [-0.39, 0.29) is 10.9 Å². The van der Waals surface area contributed by atoms with Crippen molar-refractivity contribution in [3.05, 3.63) is 11.9 Å². The van der Waals surface area contributed by atoms with Gasteiger partial charge in [0.1, 0.15) is 0 Å².